The molecular formula is C6H12FN3O. The summed E-state index contributed by atoms with van der Waals surface area (Å²) in [5.74, 6) is 0. The van der Waals surface area contributed by atoms with Crippen molar-refractivity contribution in [3.63, 3.8) is 0 Å². The lowest BCUT2D eigenvalue weighted by Gasteiger charge is -2.17. The molecular weight excluding hydrogens is 149 g/mol. The first kappa shape index (κ1) is 7.42. The zero-order valence-corrected chi connectivity index (χ0v) is 6.33. The van der Waals surface area contributed by atoms with Gasteiger partial charge in [0.05, 0.1) is 6.17 Å². The molecule has 2 aliphatic rings. The van der Waals surface area contributed by atoms with E-state index >= 15 is 0 Å². The Morgan fingerprint density at radius 1 is 1.73 bits per heavy atom. The molecule has 11 heavy (non-hydrogen) atoms. The number of alkyl halides is 1. The molecule has 2 heterocycles. The van der Waals surface area contributed by atoms with Crippen LogP contribution < -0.4 is 11.1 Å². The third-order valence-electron chi connectivity index (χ3n) is 2.11. The first-order valence-electron chi connectivity index (χ1n) is 3.70. The average molecular weight is 161 g/mol. The molecule has 0 aliphatic carbocycles. The smallest absolute Gasteiger partial charge is 0.152 e. The predicted octanol–water partition coefficient (Wildman–Crippen LogP) is -1.17. The molecule has 4 atom stereocenters. The highest BCUT2D eigenvalue weighted by Gasteiger charge is 2.47. The van der Waals surface area contributed by atoms with E-state index < -0.39 is 12.3 Å². The molecule has 2 rings (SSSR count). The van der Waals surface area contributed by atoms with E-state index in [1.165, 1.54) is 0 Å². The van der Waals surface area contributed by atoms with Crippen LogP contribution >= 0.6 is 0 Å². The molecule has 2 aliphatic heterocycles. The number of ether oxygens (including phenoxy) is 1. The highest BCUT2D eigenvalue weighted by molar-refractivity contribution is 4.91. The van der Waals surface area contributed by atoms with E-state index in [1.807, 2.05) is 11.9 Å². The van der Waals surface area contributed by atoms with Gasteiger partial charge in [0.2, 0.25) is 0 Å². The second-order valence-electron chi connectivity index (χ2n) is 3.10. The molecule has 0 saturated carbocycles. The number of nitrogens with one attached hydrogen (secondary N) is 1. The van der Waals surface area contributed by atoms with Crippen LogP contribution in [0.15, 0.2) is 0 Å². The average Bonchev–Trinajstić information content (AvgIpc) is 2.66. The van der Waals surface area contributed by atoms with Gasteiger partial charge in [0.15, 0.2) is 12.5 Å². The molecule has 0 aromatic rings. The van der Waals surface area contributed by atoms with E-state index in [0.717, 1.165) is 0 Å². The van der Waals surface area contributed by atoms with Crippen molar-refractivity contribution in [3.05, 3.63) is 0 Å². The fraction of sp³-hybridized carbons (Fsp3) is 1.00. The highest BCUT2D eigenvalue weighted by atomic mass is 19.1. The van der Waals surface area contributed by atoms with E-state index in [-0.39, 0.29) is 12.5 Å². The molecule has 2 saturated heterocycles. The summed E-state index contributed by atoms with van der Waals surface area (Å²) < 4.78 is 18.2. The van der Waals surface area contributed by atoms with Gasteiger partial charge in [-0.15, -0.1) is 0 Å². The van der Waals surface area contributed by atoms with Gasteiger partial charge in [0.1, 0.15) is 6.17 Å². The Bertz CT molecular complexity index is 164. The molecule has 0 aromatic heterocycles. The van der Waals surface area contributed by atoms with E-state index in [4.69, 9.17) is 10.5 Å². The van der Waals surface area contributed by atoms with E-state index in [0.29, 0.717) is 6.54 Å². The van der Waals surface area contributed by atoms with Crippen LogP contribution in [-0.2, 0) is 4.74 Å². The number of nitrogens with zero attached hydrogens (tertiary/aromatic N) is 1. The lowest BCUT2D eigenvalue weighted by atomic mass is 10.3. The minimum absolute atomic E-state index is 0.0294. The van der Waals surface area contributed by atoms with Gasteiger partial charge in [-0.3, -0.25) is 10.2 Å². The van der Waals surface area contributed by atoms with Gasteiger partial charge in [-0.1, -0.05) is 0 Å². The van der Waals surface area contributed by atoms with Crippen molar-refractivity contribution < 1.29 is 9.13 Å². The lowest BCUT2D eigenvalue weighted by Crippen LogP contribution is -2.47. The van der Waals surface area contributed by atoms with Crippen LogP contribution in [0.25, 0.3) is 0 Å². The van der Waals surface area contributed by atoms with Crippen LogP contribution in [0.4, 0.5) is 4.39 Å². The van der Waals surface area contributed by atoms with Crippen molar-refractivity contribution in [2.75, 3.05) is 13.6 Å². The minimum atomic E-state index is -1.00. The number of hydrogen-bond donors (Lipinski definition) is 2. The van der Waals surface area contributed by atoms with Crippen LogP contribution in [-0.4, -0.2) is 43.3 Å². The SMILES string of the molecule is CN1CC(F)C(N)NC2OC21. The van der Waals surface area contributed by atoms with Gasteiger partial charge in [-0.2, -0.15) is 0 Å². The lowest BCUT2D eigenvalue weighted by molar-refractivity contribution is 0.129. The molecule has 4 nitrogen and oxygen atoms in total. The molecule has 0 spiro atoms. The van der Waals surface area contributed by atoms with Gasteiger partial charge in [0, 0.05) is 6.54 Å². The fourth-order valence-electron chi connectivity index (χ4n) is 1.35. The number of epoxide rings is 1. The van der Waals surface area contributed by atoms with Gasteiger partial charge in [-0.25, -0.2) is 4.39 Å². The second kappa shape index (κ2) is 2.38. The molecule has 0 aromatic carbocycles. The Kier molecular flexibility index (Phi) is 1.61. The Morgan fingerprint density at radius 2 is 2.45 bits per heavy atom. The summed E-state index contributed by atoms with van der Waals surface area (Å²) in [6.07, 6.45) is -1.62. The molecule has 3 N–H and O–H groups in total. The van der Waals surface area contributed by atoms with Crippen LogP contribution in [0.3, 0.4) is 0 Å². The monoisotopic (exact) mass is 161 g/mol. The summed E-state index contributed by atoms with van der Waals surface area (Å²) in [5.41, 5.74) is 5.46. The minimum Gasteiger partial charge on any atom is -0.337 e. The van der Waals surface area contributed by atoms with Crippen molar-refractivity contribution in [2.24, 2.45) is 5.73 Å². The molecule has 0 amide bonds. The zero-order chi connectivity index (χ0) is 8.01. The van der Waals surface area contributed by atoms with E-state index in [2.05, 4.69) is 5.32 Å². The number of halogens is 1. The number of hydrogen-bond acceptors (Lipinski definition) is 4. The van der Waals surface area contributed by atoms with Crippen LogP contribution in [0.5, 0.6) is 0 Å². The van der Waals surface area contributed by atoms with E-state index in [1.54, 1.807) is 0 Å². The number of fused-ring (bicyclic) bond motifs is 1. The van der Waals surface area contributed by atoms with Gasteiger partial charge >= 0.3 is 0 Å². The topological polar surface area (TPSA) is 53.8 Å². The summed E-state index contributed by atoms with van der Waals surface area (Å²) in [4.78, 5) is 1.83. The van der Waals surface area contributed by atoms with E-state index in [9.17, 15) is 4.39 Å². The quantitative estimate of drug-likeness (QED) is 0.439. The molecule has 0 bridgehead atoms. The first-order valence-corrected chi connectivity index (χ1v) is 3.70. The van der Waals surface area contributed by atoms with Crippen molar-refractivity contribution >= 4 is 0 Å². The fourth-order valence-corrected chi connectivity index (χ4v) is 1.35. The summed E-state index contributed by atoms with van der Waals surface area (Å²) in [5, 5.41) is 2.83. The largest absolute Gasteiger partial charge is 0.337 e. The maximum atomic E-state index is 13.0. The first-order chi connectivity index (χ1) is 5.18. The van der Waals surface area contributed by atoms with Crippen LogP contribution in [0, 0.1) is 0 Å². The number of rotatable bonds is 0. The summed E-state index contributed by atoms with van der Waals surface area (Å²) >= 11 is 0. The van der Waals surface area contributed by atoms with Crippen LogP contribution in [0.2, 0.25) is 0 Å². The second-order valence-corrected chi connectivity index (χ2v) is 3.10. The van der Waals surface area contributed by atoms with Crippen molar-refractivity contribution in [1.29, 1.82) is 0 Å². The van der Waals surface area contributed by atoms with Crippen molar-refractivity contribution in [2.45, 2.75) is 24.8 Å². The molecule has 2 fully saturated rings. The third kappa shape index (κ3) is 1.24. The Balaban J connectivity index is 2.02. The summed E-state index contributed by atoms with van der Waals surface area (Å²) in [7, 11) is 1.83. The van der Waals surface area contributed by atoms with Crippen LogP contribution in [0.1, 0.15) is 0 Å². The van der Waals surface area contributed by atoms with Gasteiger partial charge < -0.3 is 10.5 Å². The Morgan fingerprint density at radius 3 is 3.18 bits per heavy atom. The zero-order valence-electron chi connectivity index (χ0n) is 6.33. The standard InChI is InChI=1S/C6H12FN3O/c1-10-2-3(7)4(8)9-5-6(10)11-5/h3-6,9H,2,8H2,1H3. The predicted molar refractivity (Wildman–Crippen MR) is 37.3 cm³/mol. The molecule has 64 valence electrons. The normalized spacial score (nSPS) is 51.5. The van der Waals surface area contributed by atoms with Crippen molar-refractivity contribution in [3.8, 4) is 0 Å². The Hall–Kier alpha value is -0.230. The maximum Gasteiger partial charge on any atom is 0.152 e. The summed E-state index contributed by atoms with van der Waals surface area (Å²) in [6, 6.07) is 0. The molecule has 0 radical (unpaired) electrons. The van der Waals surface area contributed by atoms with Crippen molar-refractivity contribution in [1.82, 2.24) is 10.2 Å². The highest BCUT2D eigenvalue weighted by Crippen LogP contribution is 2.25. The molecule has 4 unspecified atom stereocenters. The third-order valence-corrected chi connectivity index (χ3v) is 2.11. The summed E-state index contributed by atoms with van der Waals surface area (Å²) in [6.45, 7) is 0.343. The molecule has 5 heteroatoms. The van der Waals surface area contributed by atoms with Gasteiger partial charge in [-0.05, 0) is 7.05 Å². The Labute approximate surface area is 64.5 Å². The number of likely N-dealkylation sites (N-methyl/N-ethyl adjacent to an activating group) is 1. The maximum absolute atomic E-state index is 13.0. The number of nitrogens with two attached hydrogens (primary N) is 1. The van der Waals surface area contributed by atoms with Gasteiger partial charge in [0.25, 0.3) is 0 Å².